The zero-order chi connectivity index (χ0) is 13.1. The van der Waals surface area contributed by atoms with Gasteiger partial charge in [-0.15, -0.1) is 0 Å². The number of fused-ring (bicyclic) bond motifs is 1. The lowest BCUT2D eigenvalue weighted by Crippen LogP contribution is -2.12. The molecule has 18 heavy (non-hydrogen) atoms. The van der Waals surface area contributed by atoms with Gasteiger partial charge in [-0.2, -0.15) is 4.98 Å². The number of aromatic nitrogens is 4. The molecule has 0 fully saturated rings. The molecule has 0 spiro atoms. The highest BCUT2D eigenvalue weighted by Crippen LogP contribution is 2.17. The minimum absolute atomic E-state index is 0.120. The second-order valence-electron chi connectivity index (χ2n) is 4.22. The van der Waals surface area contributed by atoms with E-state index in [1.807, 2.05) is 4.57 Å². The molecule has 0 atom stereocenters. The zero-order valence-electron chi connectivity index (χ0n) is 10.2. The van der Waals surface area contributed by atoms with Crippen LogP contribution in [0.5, 0.6) is 0 Å². The average Bonchev–Trinajstić information content (AvgIpc) is 2.62. The summed E-state index contributed by atoms with van der Waals surface area (Å²) in [6.45, 7) is 2.96. The third-order valence-corrected chi connectivity index (χ3v) is 3.42. The summed E-state index contributed by atoms with van der Waals surface area (Å²) in [7, 11) is 0. The van der Waals surface area contributed by atoms with E-state index in [4.69, 9.17) is 5.73 Å². The fraction of sp³-hybridized carbons (Fsp3) is 0.545. The van der Waals surface area contributed by atoms with Crippen molar-refractivity contribution in [2.45, 2.75) is 39.2 Å². The third kappa shape index (κ3) is 2.55. The number of halogens is 1. The van der Waals surface area contributed by atoms with Crippen molar-refractivity contribution in [1.82, 2.24) is 19.5 Å². The molecule has 0 aromatic carbocycles. The zero-order valence-corrected chi connectivity index (χ0v) is 11.8. The van der Waals surface area contributed by atoms with Crippen LogP contribution in [0, 0.1) is 0 Å². The van der Waals surface area contributed by atoms with E-state index < -0.39 is 0 Å². The van der Waals surface area contributed by atoms with Crippen molar-refractivity contribution in [3.8, 4) is 0 Å². The molecule has 98 valence electrons. The molecule has 0 aliphatic heterocycles. The number of hydrogen-bond donors (Lipinski definition) is 2. The van der Waals surface area contributed by atoms with Crippen LogP contribution >= 0.6 is 15.9 Å². The van der Waals surface area contributed by atoms with Gasteiger partial charge in [-0.3, -0.25) is 9.78 Å². The van der Waals surface area contributed by atoms with E-state index in [-0.39, 0.29) is 11.5 Å². The van der Waals surface area contributed by atoms with Crippen LogP contribution in [-0.4, -0.2) is 19.5 Å². The molecule has 6 nitrogen and oxygen atoms in total. The van der Waals surface area contributed by atoms with Crippen molar-refractivity contribution in [3.05, 3.63) is 15.1 Å². The van der Waals surface area contributed by atoms with Crippen molar-refractivity contribution in [1.29, 1.82) is 0 Å². The van der Waals surface area contributed by atoms with Crippen LogP contribution in [-0.2, 0) is 6.54 Å². The number of nitrogen functional groups attached to an aromatic ring is 1. The number of anilines is 1. The van der Waals surface area contributed by atoms with Crippen molar-refractivity contribution < 1.29 is 0 Å². The van der Waals surface area contributed by atoms with Gasteiger partial charge >= 0.3 is 0 Å². The highest BCUT2D eigenvalue weighted by Gasteiger charge is 2.13. The van der Waals surface area contributed by atoms with Gasteiger partial charge in [0.25, 0.3) is 5.56 Å². The van der Waals surface area contributed by atoms with Crippen molar-refractivity contribution in [3.63, 3.8) is 0 Å². The highest BCUT2D eigenvalue weighted by atomic mass is 79.9. The van der Waals surface area contributed by atoms with Gasteiger partial charge in [0.15, 0.2) is 15.9 Å². The van der Waals surface area contributed by atoms with Gasteiger partial charge < -0.3 is 10.3 Å². The van der Waals surface area contributed by atoms with E-state index >= 15 is 0 Å². The largest absolute Gasteiger partial charge is 0.369 e. The minimum atomic E-state index is -0.300. The van der Waals surface area contributed by atoms with E-state index in [1.54, 1.807) is 0 Å². The standard InChI is InChI=1S/C11H16BrN5O/c1-2-3-4-5-6-17-8-7(14-10(17)12)9(18)16-11(13)15-8/h2-6H2,1H3,(H3,13,15,16,18). The first-order valence-electron chi connectivity index (χ1n) is 6.05. The average molecular weight is 314 g/mol. The number of hydrogen-bond acceptors (Lipinski definition) is 4. The van der Waals surface area contributed by atoms with Crippen LogP contribution in [0.1, 0.15) is 32.6 Å². The van der Waals surface area contributed by atoms with Crippen LogP contribution in [0.2, 0.25) is 0 Å². The van der Waals surface area contributed by atoms with Crippen LogP contribution in [0.25, 0.3) is 11.2 Å². The van der Waals surface area contributed by atoms with Gasteiger partial charge in [-0.25, -0.2) is 4.98 Å². The van der Waals surface area contributed by atoms with Gasteiger partial charge in [-0.1, -0.05) is 26.2 Å². The van der Waals surface area contributed by atoms with Crippen LogP contribution < -0.4 is 11.3 Å². The summed E-state index contributed by atoms with van der Waals surface area (Å²) in [6, 6.07) is 0. The van der Waals surface area contributed by atoms with E-state index in [9.17, 15) is 4.79 Å². The summed E-state index contributed by atoms with van der Waals surface area (Å²) in [5.74, 6) is 0.120. The molecule has 0 bridgehead atoms. The van der Waals surface area contributed by atoms with Gasteiger partial charge in [0.2, 0.25) is 5.95 Å². The number of aromatic amines is 1. The summed E-state index contributed by atoms with van der Waals surface area (Å²) in [6.07, 6.45) is 4.59. The summed E-state index contributed by atoms with van der Waals surface area (Å²) >= 11 is 3.36. The van der Waals surface area contributed by atoms with Crippen LogP contribution in [0.3, 0.4) is 0 Å². The molecule has 2 aromatic rings. The predicted octanol–water partition coefficient (Wildman–Crippen LogP) is 2.04. The van der Waals surface area contributed by atoms with Gasteiger partial charge in [0.05, 0.1) is 0 Å². The monoisotopic (exact) mass is 313 g/mol. The molecule has 2 aromatic heterocycles. The molecule has 0 amide bonds. The summed E-state index contributed by atoms with van der Waals surface area (Å²) in [5.41, 5.74) is 6.12. The molecule has 0 radical (unpaired) electrons. The third-order valence-electron chi connectivity index (χ3n) is 2.81. The lowest BCUT2D eigenvalue weighted by Gasteiger charge is -2.04. The Labute approximate surface area is 113 Å². The normalized spacial score (nSPS) is 11.2. The smallest absolute Gasteiger partial charge is 0.280 e. The Kier molecular flexibility index (Phi) is 4.00. The Morgan fingerprint density at radius 2 is 2.11 bits per heavy atom. The maximum Gasteiger partial charge on any atom is 0.280 e. The van der Waals surface area contributed by atoms with Crippen molar-refractivity contribution in [2.24, 2.45) is 0 Å². The summed E-state index contributed by atoms with van der Waals surface area (Å²) in [4.78, 5) is 22.4. The van der Waals surface area contributed by atoms with E-state index in [0.717, 1.165) is 19.4 Å². The Morgan fingerprint density at radius 3 is 2.83 bits per heavy atom. The Hall–Kier alpha value is -1.37. The molecule has 0 saturated carbocycles. The maximum absolute atomic E-state index is 11.7. The Morgan fingerprint density at radius 1 is 1.33 bits per heavy atom. The molecule has 0 aliphatic carbocycles. The molecule has 0 aliphatic rings. The number of nitrogens with zero attached hydrogens (tertiary/aromatic N) is 3. The number of nitrogens with one attached hydrogen (secondary N) is 1. The van der Waals surface area contributed by atoms with E-state index in [1.165, 1.54) is 12.8 Å². The van der Waals surface area contributed by atoms with Crippen LogP contribution in [0.15, 0.2) is 9.53 Å². The first kappa shape index (κ1) is 13.1. The van der Waals surface area contributed by atoms with Gasteiger partial charge in [0, 0.05) is 6.54 Å². The molecule has 7 heteroatoms. The number of aryl methyl sites for hydroxylation is 1. The highest BCUT2D eigenvalue weighted by molar-refractivity contribution is 9.10. The van der Waals surface area contributed by atoms with E-state index in [0.29, 0.717) is 15.9 Å². The first-order chi connectivity index (χ1) is 8.63. The molecular formula is C11H16BrN5O. The molecule has 3 N–H and O–H groups in total. The molecule has 0 saturated heterocycles. The first-order valence-corrected chi connectivity index (χ1v) is 6.84. The minimum Gasteiger partial charge on any atom is -0.369 e. The lowest BCUT2D eigenvalue weighted by atomic mass is 10.2. The topological polar surface area (TPSA) is 89.6 Å². The molecule has 2 rings (SSSR count). The molecule has 0 unspecified atom stereocenters. The predicted molar refractivity (Wildman–Crippen MR) is 74.4 cm³/mol. The molecule has 2 heterocycles. The Bertz CT molecular complexity index is 603. The quantitative estimate of drug-likeness (QED) is 0.653. The number of H-pyrrole nitrogens is 1. The van der Waals surface area contributed by atoms with Gasteiger partial charge in [0.1, 0.15) is 0 Å². The number of unbranched alkanes of at least 4 members (excludes halogenated alkanes) is 3. The van der Waals surface area contributed by atoms with Crippen molar-refractivity contribution >= 4 is 33.0 Å². The van der Waals surface area contributed by atoms with Gasteiger partial charge in [-0.05, 0) is 22.4 Å². The van der Waals surface area contributed by atoms with Crippen molar-refractivity contribution in [2.75, 3.05) is 5.73 Å². The second-order valence-corrected chi connectivity index (χ2v) is 4.93. The Balaban J connectivity index is 2.32. The number of nitrogens with two attached hydrogens (primary N) is 1. The summed E-state index contributed by atoms with van der Waals surface area (Å²) in [5, 5.41) is 0. The number of imidazole rings is 1. The van der Waals surface area contributed by atoms with Crippen LogP contribution in [0.4, 0.5) is 5.95 Å². The van der Waals surface area contributed by atoms with E-state index in [2.05, 4.69) is 37.8 Å². The maximum atomic E-state index is 11.7. The lowest BCUT2D eigenvalue weighted by molar-refractivity contribution is 0.582. The fourth-order valence-electron chi connectivity index (χ4n) is 1.90. The molecular weight excluding hydrogens is 298 g/mol. The SMILES string of the molecule is CCCCCCn1c(Br)nc2c(=O)[nH]c(N)nc21. The number of rotatable bonds is 5. The fourth-order valence-corrected chi connectivity index (χ4v) is 2.42. The second kappa shape index (κ2) is 5.51. The summed E-state index contributed by atoms with van der Waals surface area (Å²) < 4.78 is 2.51.